The minimum absolute atomic E-state index is 0.143. The van der Waals surface area contributed by atoms with Gasteiger partial charge in [0.2, 0.25) is 0 Å². The van der Waals surface area contributed by atoms with E-state index in [1.54, 1.807) is 7.11 Å². The molecule has 0 radical (unpaired) electrons. The molecular formula is C15H25NO2. The molecule has 1 aromatic carbocycles. The van der Waals surface area contributed by atoms with Gasteiger partial charge >= 0.3 is 0 Å². The fourth-order valence-corrected chi connectivity index (χ4v) is 1.76. The molecular weight excluding hydrogens is 226 g/mol. The molecule has 18 heavy (non-hydrogen) atoms. The molecule has 0 amide bonds. The summed E-state index contributed by atoms with van der Waals surface area (Å²) < 4.78 is 11.3. The molecule has 1 aromatic rings. The number of hydrogen-bond acceptors (Lipinski definition) is 3. The van der Waals surface area contributed by atoms with Crippen LogP contribution in [0.25, 0.3) is 0 Å². The first-order valence-corrected chi connectivity index (χ1v) is 6.33. The number of benzene rings is 1. The minimum atomic E-state index is -0.255. The van der Waals surface area contributed by atoms with Gasteiger partial charge in [-0.1, -0.05) is 6.07 Å². The second kappa shape index (κ2) is 6.21. The second-order valence-corrected chi connectivity index (χ2v) is 5.21. The molecule has 1 N–H and O–H groups in total. The Morgan fingerprint density at radius 1 is 1.22 bits per heavy atom. The highest BCUT2D eigenvalue weighted by Gasteiger charge is 2.28. The van der Waals surface area contributed by atoms with Crippen LogP contribution in [-0.4, -0.2) is 32.4 Å². The van der Waals surface area contributed by atoms with E-state index in [0.29, 0.717) is 6.61 Å². The maximum Gasteiger partial charge on any atom is 0.119 e. The van der Waals surface area contributed by atoms with E-state index >= 15 is 0 Å². The third-order valence-corrected chi connectivity index (χ3v) is 3.61. The topological polar surface area (TPSA) is 30.5 Å². The van der Waals surface area contributed by atoms with Crippen LogP contribution >= 0.6 is 0 Å². The second-order valence-electron chi connectivity index (χ2n) is 5.21. The number of ether oxygens (including phenoxy) is 2. The summed E-state index contributed by atoms with van der Waals surface area (Å²) in [6.45, 7) is 8.88. The molecule has 0 bridgehead atoms. The smallest absolute Gasteiger partial charge is 0.119 e. The summed E-state index contributed by atoms with van der Waals surface area (Å²) in [4.78, 5) is 0. The summed E-state index contributed by atoms with van der Waals surface area (Å²) in [6, 6.07) is 6.31. The van der Waals surface area contributed by atoms with Crippen LogP contribution in [0.1, 0.15) is 25.0 Å². The van der Waals surface area contributed by atoms with E-state index in [9.17, 15) is 0 Å². The summed E-state index contributed by atoms with van der Waals surface area (Å²) in [5.74, 6) is 0.908. The van der Waals surface area contributed by atoms with E-state index in [4.69, 9.17) is 9.47 Å². The maximum absolute atomic E-state index is 5.84. The average molecular weight is 251 g/mol. The van der Waals surface area contributed by atoms with Crippen molar-refractivity contribution in [3.05, 3.63) is 29.3 Å². The van der Waals surface area contributed by atoms with Crippen LogP contribution in [0.15, 0.2) is 18.2 Å². The normalized spacial score (nSPS) is 13.4. The molecule has 0 fully saturated rings. The molecule has 0 saturated carbocycles. The molecule has 0 spiro atoms. The van der Waals surface area contributed by atoms with E-state index < -0.39 is 0 Å². The van der Waals surface area contributed by atoms with Crippen molar-refractivity contribution in [2.75, 3.05) is 20.8 Å². The summed E-state index contributed by atoms with van der Waals surface area (Å²) >= 11 is 0. The SMILES string of the molecule is CNC(COc1ccc(C)c(C)c1)C(C)(C)OC. The molecule has 1 unspecified atom stereocenters. The van der Waals surface area contributed by atoms with Crippen LogP contribution in [0.4, 0.5) is 0 Å². The lowest BCUT2D eigenvalue weighted by atomic mass is 9.99. The highest BCUT2D eigenvalue weighted by Crippen LogP contribution is 2.19. The number of likely N-dealkylation sites (N-methyl/N-ethyl adjacent to an activating group) is 1. The molecule has 1 rings (SSSR count). The summed E-state index contributed by atoms with van der Waals surface area (Å²) in [5, 5.41) is 3.24. The first-order chi connectivity index (χ1) is 8.40. The van der Waals surface area contributed by atoms with Gasteiger partial charge in [-0.25, -0.2) is 0 Å². The van der Waals surface area contributed by atoms with Gasteiger partial charge < -0.3 is 14.8 Å². The molecule has 3 heteroatoms. The largest absolute Gasteiger partial charge is 0.492 e. The van der Waals surface area contributed by atoms with Crippen molar-refractivity contribution >= 4 is 0 Å². The van der Waals surface area contributed by atoms with Crippen molar-refractivity contribution < 1.29 is 9.47 Å². The van der Waals surface area contributed by atoms with Gasteiger partial charge in [0, 0.05) is 7.11 Å². The van der Waals surface area contributed by atoms with Gasteiger partial charge in [0.05, 0.1) is 11.6 Å². The molecule has 0 aromatic heterocycles. The Balaban J connectivity index is 2.65. The Labute approximate surface area is 110 Å². The van der Waals surface area contributed by atoms with Gasteiger partial charge in [-0.15, -0.1) is 0 Å². The van der Waals surface area contributed by atoms with E-state index in [0.717, 1.165) is 5.75 Å². The van der Waals surface area contributed by atoms with Crippen molar-refractivity contribution in [1.29, 1.82) is 0 Å². The van der Waals surface area contributed by atoms with Gasteiger partial charge in [0.1, 0.15) is 12.4 Å². The highest BCUT2D eigenvalue weighted by atomic mass is 16.5. The van der Waals surface area contributed by atoms with E-state index in [1.807, 2.05) is 13.1 Å². The fraction of sp³-hybridized carbons (Fsp3) is 0.600. The van der Waals surface area contributed by atoms with Crippen LogP contribution in [0.5, 0.6) is 5.75 Å². The highest BCUT2D eigenvalue weighted by molar-refractivity contribution is 5.33. The predicted octanol–water partition coefficient (Wildman–Crippen LogP) is 2.70. The molecule has 1 atom stereocenters. The number of nitrogens with one attached hydrogen (secondary N) is 1. The lowest BCUT2D eigenvalue weighted by molar-refractivity contribution is -0.0204. The van der Waals surface area contributed by atoms with Gasteiger partial charge in [-0.2, -0.15) is 0 Å². The zero-order chi connectivity index (χ0) is 13.8. The molecule has 0 aliphatic carbocycles. The summed E-state index contributed by atoms with van der Waals surface area (Å²) in [7, 11) is 3.65. The molecule has 0 aliphatic heterocycles. The monoisotopic (exact) mass is 251 g/mol. The Hall–Kier alpha value is -1.06. The van der Waals surface area contributed by atoms with Gasteiger partial charge in [-0.3, -0.25) is 0 Å². The molecule has 0 saturated heterocycles. The third-order valence-electron chi connectivity index (χ3n) is 3.61. The Morgan fingerprint density at radius 3 is 2.39 bits per heavy atom. The summed E-state index contributed by atoms with van der Waals surface area (Å²) in [5.41, 5.74) is 2.28. The van der Waals surface area contributed by atoms with E-state index in [-0.39, 0.29) is 11.6 Å². The number of hydrogen-bond donors (Lipinski definition) is 1. The number of aryl methyl sites for hydroxylation is 2. The van der Waals surface area contributed by atoms with Gasteiger partial charge in [0.15, 0.2) is 0 Å². The molecule has 102 valence electrons. The van der Waals surface area contributed by atoms with Crippen LogP contribution in [-0.2, 0) is 4.74 Å². The van der Waals surface area contributed by atoms with Crippen molar-refractivity contribution in [2.24, 2.45) is 0 Å². The van der Waals surface area contributed by atoms with Crippen molar-refractivity contribution in [3.8, 4) is 5.75 Å². The van der Waals surface area contributed by atoms with Gasteiger partial charge in [0.25, 0.3) is 0 Å². The number of methoxy groups -OCH3 is 1. The van der Waals surface area contributed by atoms with Crippen molar-refractivity contribution in [1.82, 2.24) is 5.32 Å². The van der Waals surface area contributed by atoms with E-state index in [1.165, 1.54) is 11.1 Å². The summed E-state index contributed by atoms with van der Waals surface area (Å²) in [6.07, 6.45) is 0. The standard InChI is InChI=1S/C15H25NO2/c1-11-7-8-13(9-12(11)2)18-10-14(16-5)15(3,4)17-6/h7-9,14,16H,10H2,1-6H3. The zero-order valence-electron chi connectivity index (χ0n) is 12.3. The van der Waals surface area contributed by atoms with Crippen LogP contribution in [0.3, 0.4) is 0 Å². The first kappa shape index (κ1) is 15.0. The molecule has 0 aliphatic rings. The van der Waals surface area contributed by atoms with Crippen molar-refractivity contribution in [3.63, 3.8) is 0 Å². The van der Waals surface area contributed by atoms with Crippen LogP contribution < -0.4 is 10.1 Å². The Kier molecular flexibility index (Phi) is 5.17. The maximum atomic E-state index is 5.84. The quantitative estimate of drug-likeness (QED) is 0.843. The Bertz CT molecular complexity index is 388. The predicted molar refractivity (Wildman–Crippen MR) is 75.3 cm³/mol. The van der Waals surface area contributed by atoms with Gasteiger partial charge in [-0.05, 0) is 58.0 Å². The molecule has 0 heterocycles. The van der Waals surface area contributed by atoms with E-state index in [2.05, 4.69) is 45.1 Å². The van der Waals surface area contributed by atoms with Crippen LogP contribution in [0.2, 0.25) is 0 Å². The zero-order valence-corrected chi connectivity index (χ0v) is 12.3. The molecule has 3 nitrogen and oxygen atoms in total. The third kappa shape index (κ3) is 3.72. The average Bonchev–Trinajstić information content (AvgIpc) is 2.34. The first-order valence-electron chi connectivity index (χ1n) is 6.33. The van der Waals surface area contributed by atoms with Crippen LogP contribution in [0, 0.1) is 13.8 Å². The Morgan fingerprint density at radius 2 is 1.89 bits per heavy atom. The lowest BCUT2D eigenvalue weighted by Gasteiger charge is -2.32. The van der Waals surface area contributed by atoms with Crippen molar-refractivity contribution in [2.45, 2.75) is 39.3 Å². The fourth-order valence-electron chi connectivity index (χ4n) is 1.76. The number of rotatable bonds is 6. The lowest BCUT2D eigenvalue weighted by Crippen LogP contribution is -2.50. The minimum Gasteiger partial charge on any atom is -0.492 e.